The summed E-state index contributed by atoms with van der Waals surface area (Å²) in [5.74, 6) is 0.891. The Hall–Kier alpha value is -4.10. The SMILES string of the molecule is Cc1cccc(Cl)c1-c1noc(C2CC2)c1COc1ccc2c(c1)C1(CC1)C(=O)N2c1ccc(C(=O)O)cc1. The van der Waals surface area contributed by atoms with E-state index in [-0.39, 0.29) is 18.1 Å². The van der Waals surface area contributed by atoms with Gasteiger partial charge in [0.1, 0.15) is 23.8 Å². The lowest BCUT2D eigenvalue weighted by molar-refractivity contribution is -0.119. The molecule has 39 heavy (non-hydrogen) atoms. The number of carbonyl (C=O) groups is 2. The number of aromatic carboxylic acids is 1. The Morgan fingerprint density at radius 2 is 1.92 bits per heavy atom. The summed E-state index contributed by atoms with van der Waals surface area (Å²) in [5, 5.41) is 14.3. The predicted octanol–water partition coefficient (Wildman–Crippen LogP) is 7.17. The number of rotatable bonds is 7. The molecule has 1 N–H and O–H groups in total. The monoisotopic (exact) mass is 540 g/mol. The highest BCUT2D eigenvalue weighted by molar-refractivity contribution is 6.33. The molecule has 0 atom stereocenters. The number of hydrogen-bond acceptors (Lipinski definition) is 5. The van der Waals surface area contributed by atoms with Crippen LogP contribution in [-0.2, 0) is 16.8 Å². The van der Waals surface area contributed by atoms with Crippen molar-refractivity contribution in [3.05, 3.63) is 93.7 Å². The Labute approximate surface area is 229 Å². The van der Waals surface area contributed by atoms with E-state index in [0.29, 0.717) is 28.1 Å². The molecule has 2 heterocycles. The number of anilines is 2. The summed E-state index contributed by atoms with van der Waals surface area (Å²) in [4.78, 5) is 26.5. The van der Waals surface area contributed by atoms with Gasteiger partial charge in [-0.1, -0.05) is 28.9 Å². The third kappa shape index (κ3) is 3.83. The van der Waals surface area contributed by atoms with Crippen LogP contribution in [0.25, 0.3) is 11.3 Å². The second-order valence-electron chi connectivity index (χ2n) is 10.6. The molecule has 0 unspecified atom stereocenters. The van der Waals surface area contributed by atoms with Crippen molar-refractivity contribution in [1.29, 1.82) is 0 Å². The van der Waals surface area contributed by atoms with Crippen LogP contribution in [-0.4, -0.2) is 22.1 Å². The average Bonchev–Trinajstić information content (AvgIpc) is 3.85. The van der Waals surface area contributed by atoms with Gasteiger partial charge in [-0.25, -0.2) is 4.79 Å². The number of fused-ring (bicyclic) bond motifs is 2. The van der Waals surface area contributed by atoms with E-state index in [9.17, 15) is 14.7 Å². The van der Waals surface area contributed by atoms with Crippen molar-refractivity contribution in [1.82, 2.24) is 5.16 Å². The predicted molar refractivity (Wildman–Crippen MR) is 146 cm³/mol. The van der Waals surface area contributed by atoms with Gasteiger partial charge in [0.05, 0.1) is 27.3 Å². The van der Waals surface area contributed by atoms with Crippen LogP contribution < -0.4 is 9.64 Å². The number of aromatic nitrogens is 1. The number of nitrogens with zero attached hydrogens (tertiary/aromatic N) is 2. The number of aryl methyl sites for hydroxylation is 1. The lowest BCUT2D eigenvalue weighted by Crippen LogP contribution is -2.27. The number of hydrogen-bond donors (Lipinski definition) is 1. The smallest absolute Gasteiger partial charge is 0.335 e. The molecule has 1 spiro atoms. The zero-order chi connectivity index (χ0) is 26.9. The third-order valence-corrected chi connectivity index (χ3v) is 8.38. The van der Waals surface area contributed by atoms with E-state index < -0.39 is 11.4 Å². The van der Waals surface area contributed by atoms with Crippen LogP contribution in [0, 0.1) is 6.92 Å². The summed E-state index contributed by atoms with van der Waals surface area (Å²) in [6.07, 6.45) is 3.69. The minimum atomic E-state index is -0.999. The highest BCUT2D eigenvalue weighted by atomic mass is 35.5. The Morgan fingerprint density at radius 1 is 1.15 bits per heavy atom. The van der Waals surface area contributed by atoms with Crippen molar-refractivity contribution in [2.75, 3.05) is 4.90 Å². The lowest BCUT2D eigenvalue weighted by Gasteiger charge is -2.18. The molecule has 8 heteroatoms. The van der Waals surface area contributed by atoms with Crippen molar-refractivity contribution in [3.63, 3.8) is 0 Å². The first-order valence-electron chi connectivity index (χ1n) is 13.1. The molecule has 0 radical (unpaired) electrons. The van der Waals surface area contributed by atoms with Gasteiger partial charge in [0.25, 0.3) is 0 Å². The van der Waals surface area contributed by atoms with Crippen LogP contribution in [0.15, 0.2) is 65.2 Å². The van der Waals surface area contributed by atoms with E-state index in [1.165, 1.54) is 12.1 Å². The molecule has 1 aromatic heterocycles. The third-order valence-electron chi connectivity index (χ3n) is 8.07. The quantitative estimate of drug-likeness (QED) is 0.267. The zero-order valence-electron chi connectivity index (χ0n) is 21.2. The maximum atomic E-state index is 13.5. The van der Waals surface area contributed by atoms with Crippen molar-refractivity contribution in [2.45, 2.75) is 50.5 Å². The number of benzene rings is 3. The van der Waals surface area contributed by atoms with E-state index >= 15 is 0 Å². The number of carboxylic acids is 1. The Morgan fingerprint density at radius 3 is 2.59 bits per heavy atom. The fourth-order valence-electron chi connectivity index (χ4n) is 5.65. The van der Waals surface area contributed by atoms with Crippen LogP contribution in [0.3, 0.4) is 0 Å². The fraction of sp³-hybridized carbons (Fsp3) is 0.258. The number of carbonyl (C=O) groups excluding carboxylic acids is 1. The summed E-state index contributed by atoms with van der Waals surface area (Å²) < 4.78 is 12.2. The molecule has 3 aliphatic rings. The van der Waals surface area contributed by atoms with Gasteiger partial charge in [0.15, 0.2) is 0 Å². The summed E-state index contributed by atoms with van der Waals surface area (Å²) in [5.41, 5.74) is 5.54. The first-order chi connectivity index (χ1) is 18.9. The molecule has 2 aliphatic carbocycles. The molecule has 2 fully saturated rings. The molecule has 4 aromatic rings. The minimum Gasteiger partial charge on any atom is -0.489 e. The molecule has 0 bridgehead atoms. The topological polar surface area (TPSA) is 92.9 Å². The summed E-state index contributed by atoms with van der Waals surface area (Å²) in [6.45, 7) is 2.28. The minimum absolute atomic E-state index is 0.0178. The Balaban J connectivity index is 1.21. The van der Waals surface area contributed by atoms with Gasteiger partial charge < -0.3 is 14.4 Å². The van der Waals surface area contributed by atoms with Crippen LogP contribution in [0.4, 0.5) is 11.4 Å². The summed E-state index contributed by atoms with van der Waals surface area (Å²) >= 11 is 6.57. The van der Waals surface area contributed by atoms with E-state index in [1.54, 1.807) is 17.0 Å². The van der Waals surface area contributed by atoms with Crippen LogP contribution in [0.2, 0.25) is 5.02 Å². The largest absolute Gasteiger partial charge is 0.489 e. The van der Waals surface area contributed by atoms with E-state index in [4.69, 9.17) is 20.9 Å². The molecule has 2 saturated carbocycles. The second kappa shape index (κ2) is 8.71. The van der Waals surface area contributed by atoms with Crippen LogP contribution >= 0.6 is 11.6 Å². The van der Waals surface area contributed by atoms with Gasteiger partial charge in [-0.2, -0.15) is 0 Å². The Kier molecular flexibility index (Phi) is 5.36. The maximum Gasteiger partial charge on any atom is 0.335 e. The van der Waals surface area contributed by atoms with Gasteiger partial charge in [-0.05, 0) is 92.3 Å². The Bertz CT molecular complexity index is 1630. The number of ether oxygens (including phenoxy) is 1. The van der Waals surface area contributed by atoms with Crippen LogP contribution in [0.5, 0.6) is 5.75 Å². The van der Waals surface area contributed by atoms with Crippen LogP contribution in [0.1, 0.15) is 64.4 Å². The molecule has 1 aliphatic heterocycles. The molecular formula is C31H25ClN2O5. The molecule has 7 rings (SSSR count). The molecular weight excluding hydrogens is 516 g/mol. The van der Waals surface area contributed by atoms with Crippen molar-refractivity contribution in [3.8, 4) is 17.0 Å². The number of amides is 1. The van der Waals surface area contributed by atoms with Gasteiger partial charge in [-0.15, -0.1) is 0 Å². The highest BCUT2D eigenvalue weighted by Gasteiger charge is 2.59. The standard InChI is InChI=1S/C31H25ClN2O5/c1-17-3-2-4-24(32)26(17)27-22(28(39-33-27)18-5-6-18)16-38-21-11-12-25-23(15-21)31(13-14-31)30(37)34(25)20-9-7-19(8-10-20)29(35)36/h2-4,7-12,15,18H,5-6,13-14,16H2,1H3,(H,35,36). The maximum absolute atomic E-state index is 13.5. The van der Waals surface area contributed by atoms with Crippen molar-refractivity contribution in [2.24, 2.45) is 0 Å². The second-order valence-corrected chi connectivity index (χ2v) is 11.0. The normalized spacial score (nSPS) is 17.0. The summed E-state index contributed by atoms with van der Waals surface area (Å²) in [7, 11) is 0. The first kappa shape index (κ1) is 24.0. The van der Waals surface area contributed by atoms with Gasteiger partial charge >= 0.3 is 5.97 Å². The molecule has 196 valence electrons. The number of carboxylic acid groups (broad SMARTS) is 1. The van der Waals surface area contributed by atoms with Gasteiger partial charge in [-0.3, -0.25) is 9.69 Å². The first-order valence-corrected chi connectivity index (χ1v) is 13.4. The zero-order valence-corrected chi connectivity index (χ0v) is 22.0. The summed E-state index contributed by atoms with van der Waals surface area (Å²) in [6, 6.07) is 17.9. The van der Waals surface area contributed by atoms with Crippen molar-refractivity contribution >= 4 is 34.9 Å². The molecule has 1 amide bonds. The van der Waals surface area contributed by atoms with Gasteiger partial charge in [0.2, 0.25) is 5.91 Å². The lowest BCUT2D eigenvalue weighted by atomic mass is 9.97. The van der Waals surface area contributed by atoms with E-state index in [1.807, 2.05) is 43.3 Å². The average molecular weight is 541 g/mol. The molecule has 7 nitrogen and oxygen atoms in total. The fourth-order valence-corrected chi connectivity index (χ4v) is 5.96. The molecule has 0 saturated heterocycles. The van der Waals surface area contributed by atoms with E-state index in [0.717, 1.165) is 59.4 Å². The van der Waals surface area contributed by atoms with E-state index in [2.05, 4.69) is 5.16 Å². The van der Waals surface area contributed by atoms with Gasteiger partial charge in [0, 0.05) is 17.2 Å². The molecule has 3 aromatic carbocycles. The van der Waals surface area contributed by atoms with Crippen molar-refractivity contribution < 1.29 is 24.0 Å². The highest BCUT2D eigenvalue weighted by Crippen LogP contribution is 2.59. The number of halogens is 1.